The molecule has 0 aromatic heterocycles. The standard InChI is InChI=1S/C11H12O2/c1-8-7-13-10-6-4-3-5-9(10)11(8)12-2/h3-6H,7H2,1-2H3. The fourth-order valence-electron chi connectivity index (χ4n) is 1.55. The van der Waals surface area contributed by atoms with E-state index in [9.17, 15) is 0 Å². The first-order valence-corrected chi connectivity index (χ1v) is 4.29. The van der Waals surface area contributed by atoms with Crippen molar-refractivity contribution in [2.45, 2.75) is 6.92 Å². The van der Waals surface area contributed by atoms with E-state index < -0.39 is 0 Å². The predicted molar refractivity (Wildman–Crippen MR) is 51.5 cm³/mol. The average molecular weight is 176 g/mol. The van der Waals surface area contributed by atoms with E-state index in [1.54, 1.807) is 7.11 Å². The summed E-state index contributed by atoms with van der Waals surface area (Å²) in [5, 5.41) is 0. The van der Waals surface area contributed by atoms with E-state index in [0.717, 1.165) is 22.6 Å². The minimum absolute atomic E-state index is 0.625. The summed E-state index contributed by atoms with van der Waals surface area (Å²) in [5.41, 5.74) is 2.19. The van der Waals surface area contributed by atoms with E-state index in [-0.39, 0.29) is 0 Å². The van der Waals surface area contributed by atoms with Crippen LogP contribution in [0.1, 0.15) is 12.5 Å². The smallest absolute Gasteiger partial charge is 0.132 e. The van der Waals surface area contributed by atoms with Crippen LogP contribution in [0.2, 0.25) is 0 Å². The number of hydrogen-bond acceptors (Lipinski definition) is 2. The molecular weight excluding hydrogens is 164 g/mol. The molecule has 1 aromatic rings. The number of fused-ring (bicyclic) bond motifs is 1. The molecule has 0 saturated carbocycles. The highest BCUT2D eigenvalue weighted by Gasteiger charge is 2.17. The minimum atomic E-state index is 0.625. The van der Waals surface area contributed by atoms with Gasteiger partial charge in [-0.05, 0) is 19.1 Å². The summed E-state index contributed by atoms with van der Waals surface area (Å²) in [6.07, 6.45) is 0. The fraction of sp³-hybridized carbons (Fsp3) is 0.273. The molecule has 0 radical (unpaired) electrons. The van der Waals surface area contributed by atoms with Crippen LogP contribution in [0, 0.1) is 0 Å². The van der Waals surface area contributed by atoms with Crippen molar-refractivity contribution in [2.24, 2.45) is 0 Å². The van der Waals surface area contributed by atoms with Gasteiger partial charge in [0.1, 0.15) is 18.1 Å². The summed E-state index contributed by atoms with van der Waals surface area (Å²) in [6.45, 7) is 2.65. The van der Waals surface area contributed by atoms with Crippen LogP contribution in [0.5, 0.6) is 5.75 Å². The van der Waals surface area contributed by atoms with Gasteiger partial charge in [-0.2, -0.15) is 0 Å². The van der Waals surface area contributed by atoms with E-state index in [0.29, 0.717) is 6.61 Å². The monoisotopic (exact) mass is 176 g/mol. The lowest BCUT2D eigenvalue weighted by atomic mass is 10.1. The van der Waals surface area contributed by atoms with E-state index >= 15 is 0 Å². The van der Waals surface area contributed by atoms with Crippen molar-refractivity contribution in [3.8, 4) is 5.75 Å². The highest BCUT2D eigenvalue weighted by atomic mass is 16.5. The van der Waals surface area contributed by atoms with Crippen LogP contribution in [0.15, 0.2) is 29.8 Å². The molecular formula is C11H12O2. The van der Waals surface area contributed by atoms with Crippen molar-refractivity contribution < 1.29 is 9.47 Å². The quantitative estimate of drug-likeness (QED) is 0.654. The first-order valence-electron chi connectivity index (χ1n) is 4.29. The van der Waals surface area contributed by atoms with E-state index in [2.05, 4.69) is 0 Å². The molecule has 0 atom stereocenters. The molecule has 13 heavy (non-hydrogen) atoms. The number of ether oxygens (including phenoxy) is 2. The minimum Gasteiger partial charge on any atom is -0.496 e. The van der Waals surface area contributed by atoms with Gasteiger partial charge < -0.3 is 9.47 Å². The van der Waals surface area contributed by atoms with Gasteiger partial charge in [0.25, 0.3) is 0 Å². The van der Waals surface area contributed by atoms with Crippen LogP contribution in [-0.2, 0) is 4.74 Å². The highest BCUT2D eigenvalue weighted by molar-refractivity contribution is 5.69. The number of rotatable bonds is 1. The lowest BCUT2D eigenvalue weighted by molar-refractivity contribution is 0.310. The largest absolute Gasteiger partial charge is 0.496 e. The number of benzene rings is 1. The van der Waals surface area contributed by atoms with E-state index in [1.165, 1.54) is 0 Å². The lowest BCUT2D eigenvalue weighted by Gasteiger charge is -2.20. The van der Waals surface area contributed by atoms with Crippen molar-refractivity contribution in [1.82, 2.24) is 0 Å². The first-order chi connectivity index (χ1) is 6.33. The SMILES string of the molecule is COC1=C(C)COc2ccccc21. The maximum Gasteiger partial charge on any atom is 0.132 e. The van der Waals surface area contributed by atoms with Crippen LogP contribution in [-0.4, -0.2) is 13.7 Å². The second kappa shape index (κ2) is 3.13. The first kappa shape index (κ1) is 8.17. The third-order valence-electron chi connectivity index (χ3n) is 2.17. The Hall–Kier alpha value is -1.44. The summed E-state index contributed by atoms with van der Waals surface area (Å²) in [4.78, 5) is 0. The van der Waals surface area contributed by atoms with Gasteiger partial charge in [0.15, 0.2) is 0 Å². The van der Waals surface area contributed by atoms with Crippen LogP contribution >= 0.6 is 0 Å². The maximum atomic E-state index is 5.53. The number of para-hydroxylation sites is 1. The third kappa shape index (κ3) is 1.28. The Bertz CT molecular complexity index is 353. The molecule has 0 N–H and O–H groups in total. The third-order valence-corrected chi connectivity index (χ3v) is 2.17. The molecule has 0 amide bonds. The molecule has 2 rings (SSSR count). The Balaban J connectivity index is 2.55. The van der Waals surface area contributed by atoms with Crippen LogP contribution in [0.4, 0.5) is 0 Å². The molecule has 0 spiro atoms. The molecule has 2 heteroatoms. The summed E-state index contributed by atoms with van der Waals surface area (Å²) in [7, 11) is 1.70. The summed E-state index contributed by atoms with van der Waals surface area (Å²) in [5.74, 6) is 1.85. The molecule has 0 bridgehead atoms. The van der Waals surface area contributed by atoms with Gasteiger partial charge in [-0.1, -0.05) is 12.1 Å². The van der Waals surface area contributed by atoms with Crippen molar-refractivity contribution in [2.75, 3.05) is 13.7 Å². The van der Waals surface area contributed by atoms with Gasteiger partial charge in [0.2, 0.25) is 0 Å². The van der Waals surface area contributed by atoms with Gasteiger partial charge in [-0.15, -0.1) is 0 Å². The molecule has 0 aliphatic carbocycles. The molecule has 1 aliphatic heterocycles. The molecule has 0 saturated heterocycles. The van der Waals surface area contributed by atoms with Crippen LogP contribution in [0.25, 0.3) is 5.76 Å². The van der Waals surface area contributed by atoms with Crippen molar-refractivity contribution in [3.05, 3.63) is 35.4 Å². The Morgan fingerprint density at radius 1 is 1.31 bits per heavy atom. The van der Waals surface area contributed by atoms with E-state index in [1.807, 2.05) is 31.2 Å². The predicted octanol–water partition coefficient (Wildman–Crippen LogP) is 2.46. The summed E-state index contributed by atoms with van der Waals surface area (Å²) < 4.78 is 10.9. The molecule has 2 nitrogen and oxygen atoms in total. The van der Waals surface area contributed by atoms with Gasteiger partial charge >= 0.3 is 0 Å². The van der Waals surface area contributed by atoms with Crippen molar-refractivity contribution >= 4 is 5.76 Å². The molecule has 68 valence electrons. The average Bonchev–Trinajstić information content (AvgIpc) is 2.18. The Labute approximate surface area is 77.8 Å². The van der Waals surface area contributed by atoms with Gasteiger partial charge in [-0.25, -0.2) is 0 Å². The Morgan fingerprint density at radius 2 is 2.08 bits per heavy atom. The van der Waals surface area contributed by atoms with Crippen molar-refractivity contribution in [3.63, 3.8) is 0 Å². The zero-order valence-electron chi connectivity index (χ0n) is 7.83. The molecule has 0 fully saturated rings. The second-order valence-corrected chi connectivity index (χ2v) is 3.10. The second-order valence-electron chi connectivity index (χ2n) is 3.10. The zero-order valence-corrected chi connectivity index (χ0v) is 7.83. The normalized spacial score (nSPS) is 14.9. The highest BCUT2D eigenvalue weighted by Crippen LogP contribution is 2.32. The fourth-order valence-corrected chi connectivity index (χ4v) is 1.55. The molecule has 0 unspecified atom stereocenters. The van der Waals surface area contributed by atoms with Crippen LogP contribution in [0.3, 0.4) is 0 Å². The maximum absolute atomic E-state index is 5.53. The summed E-state index contributed by atoms with van der Waals surface area (Å²) in [6, 6.07) is 7.92. The summed E-state index contributed by atoms with van der Waals surface area (Å²) >= 11 is 0. The number of hydrogen-bond donors (Lipinski definition) is 0. The molecule has 1 aliphatic rings. The molecule has 1 heterocycles. The Kier molecular flexibility index (Phi) is 1.97. The topological polar surface area (TPSA) is 18.5 Å². The number of methoxy groups -OCH3 is 1. The zero-order chi connectivity index (χ0) is 9.26. The Morgan fingerprint density at radius 3 is 2.85 bits per heavy atom. The van der Waals surface area contributed by atoms with Gasteiger partial charge in [-0.3, -0.25) is 0 Å². The molecule has 1 aromatic carbocycles. The van der Waals surface area contributed by atoms with Gasteiger partial charge in [0.05, 0.1) is 12.7 Å². The van der Waals surface area contributed by atoms with Gasteiger partial charge in [0, 0.05) is 5.57 Å². The van der Waals surface area contributed by atoms with Crippen molar-refractivity contribution in [1.29, 1.82) is 0 Å². The lowest BCUT2D eigenvalue weighted by Crippen LogP contribution is -2.10. The van der Waals surface area contributed by atoms with E-state index in [4.69, 9.17) is 9.47 Å². The van der Waals surface area contributed by atoms with Crippen LogP contribution < -0.4 is 4.74 Å².